The van der Waals surface area contributed by atoms with Crippen LogP contribution in [0.2, 0.25) is 0 Å². The Morgan fingerprint density at radius 2 is 1.05 bits per heavy atom. The van der Waals surface area contributed by atoms with Crippen LogP contribution in [0.1, 0.15) is 85.0 Å². The summed E-state index contributed by atoms with van der Waals surface area (Å²) in [6, 6.07) is 0. The fourth-order valence-electron chi connectivity index (χ4n) is 2.14. The summed E-state index contributed by atoms with van der Waals surface area (Å²) in [4.78, 5) is 0. The van der Waals surface area contributed by atoms with Crippen molar-refractivity contribution in [1.29, 1.82) is 0 Å². The highest BCUT2D eigenvalue weighted by Crippen LogP contribution is 2.14. The zero-order chi connectivity index (χ0) is 14.9. The second-order valence-corrected chi connectivity index (χ2v) is 8.69. The molecule has 0 radical (unpaired) electrons. The first-order chi connectivity index (χ1) is 9.77. The third-order valence-electron chi connectivity index (χ3n) is 3.52. The number of hydrogen-bond acceptors (Lipinski definition) is 2. The van der Waals surface area contributed by atoms with Gasteiger partial charge in [0.2, 0.25) is 0 Å². The van der Waals surface area contributed by atoms with Gasteiger partial charge in [-0.2, -0.15) is 23.5 Å². The lowest BCUT2D eigenvalue weighted by Gasteiger charge is -2.05. The molecular formula is C18H38S2. The van der Waals surface area contributed by atoms with Crippen LogP contribution in [0.5, 0.6) is 0 Å². The Balaban J connectivity index is 2.92. The van der Waals surface area contributed by atoms with Crippen LogP contribution in [0.3, 0.4) is 0 Å². The zero-order valence-electron chi connectivity index (χ0n) is 14.3. The van der Waals surface area contributed by atoms with E-state index in [1.165, 1.54) is 87.2 Å². The van der Waals surface area contributed by atoms with E-state index in [9.17, 15) is 0 Å². The average molecular weight is 319 g/mol. The molecule has 0 aromatic carbocycles. The van der Waals surface area contributed by atoms with Crippen molar-refractivity contribution in [2.24, 2.45) is 5.92 Å². The Morgan fingerprint density at radius 1 is 0.600 bits per heavy atom. The predicted molar refractivity (Wildman–Crippen MR) is 101 cm³/mol. The van der Waals surface area contributed by atoms with E-state index >= 15 is 0 Å². The van der Waals surface area contributed by atoms with E-state index in [2.05, 4.69) is 44.3 Å². The van der Waals surface area contributed by atoms with Gasteiger partial charge in [0.15, 0.2) is 0 Å². The normalized spacial score (nSPS) is 11.4. The molecule has 0 heterocycles. The van der Waals surface area contributed by atoms with E-state index in [-0.39, 0.29) is 0 Å². The summed E-state index contributed by atoms with van der Waals surface area (Å²) in [5.41, 5.74) is 0. The van der Waals surface area contributed by atoms with Crippen LogP contribution < -0.4 is 0 Å². The van der Waals surface area contributed by atoms with E-state index in [0.717, 1.165) is 5.92 Å². The van der Waals surface area contributed by atoms with Crippen LogP contribution in [0.15, 0.2) is 0 Å². The highest BCUT2D eigenvalue weighted by Gasteiger charge is 1.96. The third-order valence-corrected chi connectivity index (χ3v) is 5.89. The first-order valence-electron chi connectivity index (χ1n) is 8.92. The van der Waals surface area contributed by atoms with E-state index < -0.39 is 0 Å². The smallest absolute Gasteiger partial charge is 0.00651 e. The van der Waals surface area contributed by atoms with Crippen molar-refractivity contribution in [2.45, 2.75) is 85.0 Å². The Bertz CT molecular complexity index is 169. The standard InChI is InChI=1S/C18H38S2/c1-4-14-19-15-11-9-7-5-6-8-10-12-16-20-17-13-18(2)3/h18H,4-17H2,1-3H3. The molecule has 0 atom stereocenters. The Hall–Kier alpha value is 0.700. The van der Waals surface area contributed by atoms with E-state index in [1.54, 1.807) is 0 Å². The maximum atomic E-state index is 2.32. The fraction of sp³-hybridized carbons (Fsp3) is 1.00. The summed E-state index contributed by atoms with van der Waals surface area (Å²) < 4.78 is 0. The molecule has 0 nitrogen and oxygen atoms in total. The van der Waals surface area contributed by atoms with Crippen molar-refractivity contribution in [3.8, 4) is 0 Å². The van der Waals surface area contributed by atoms with Gasteiger partial charge in [-0.05, 0) is 54.6 Å². The molecule has 0 unspecified atom stereocenters. The van der Waals surface area contributed by atoms with Crippen LogP contribution in [-0.2, 0) is 0 Å². The van der Waals surface area contributed by atoms with Gasteiger partial charge in [0.25, 0.3) is 0 Å². The van der Waals surface area contributed by atoms with Crippen molar-refractivity contribution in [2.75, 3.05) is 23.0 Å². The van der Waals surface area contributed by atoms with Gasteiger partial charge in [-0.3, -0.25) is 0 Å². The summed E-state index contributed by atoms with van der Waals surface area (Å²) in [6.45, 7) is 6.92. The second kappa shape index (κ2) is 17.8. The molecule has 20 heavy (non-hydrogen) atoms. The lowest BCUT2D eigenvalue weighted by molar-refractivity contribution is 0.587. The molecule has 0 amide bonds. The van der Waals surface area contributed by atoms with Crippen molar-refractivity contribution in [3.05, 3.63) is 0 Å². The first-order valence-corrected chi connectivity index (χ1v) is 11.2. The zero-order valence-corrected chi connectivity index (χ0v) is 15.9. The molecule has 0 aromatic heterocycles. The van der Waals surface area contributed by atoms with Gasteiger partial charge >= 0.3 is 0 Å². The topological polar surface area (TPSA) is 0 Å². The van der Waals surface area contributed by atoms with E-state index in [1.807, 2.05) is 0 Å². The van der Waals surface area contributed by atoms with Gasteiger partial charge in [0.1, 0.15) is 0 Å². The number of thioether (sulfide) groups is 2. The molecule has 0 N–H and O–H groups in total. The molecule has 0 aromatic rings. The summed E-state index contributed by atoms with van der Waals surface area (Å²) in [5.74, 6) is 6.38. The number of unbranched alkanes of at least 4 members (excludes halogenated alkanes) is 7. The van der Waals surface area contributed by atoms with Gasteiger partial charge in [-0.1, -0.05) is 59.3 Å². The molecule has 0 rings (SSSR count). The molecule has 0 aliphatic rings. The van der Waals surface area contributed by atoms with Crippen molar-refractivity contribution >= 4 is 23.5 Å². The van der Waals surface area contributed by atoms with Crippen LogP contribution in [0, 0.1) is 5.92 Å². The second-order valence-electron chi connectivity index (χ2n) is 6.24. The predicted octanol–water partition coefficient (Wildman–Crippen LogP) is 7.03. The van der Waals surface area contributed by atoms with E-state index in [4.69, 9.17) is 0 Å². The molecule has 0 bridgehead atoms. The van der Waals surface area contributed by atoms with Crippen molar-refractivity contribution < 1.29 is 0 Å². The minimum atomic E-state index is 0.878. The van der Waals surface area contributed by atoms with E-state index in [0.29, 0.717) is 0 Å². The Labute approximate surface area is 137 Å². The largest absolute Gasteiger partial charge is 0.162 e. The molecule has 2 heteroatoms. The van der Waals surface area contributed by atoms with Crippen LogP contribution in [0.4, 0.5) is 0 Å². The van der Waals surface area contributed by atoms with Crippen LogP contribution in [-0.4, -0.2) is 23.0 Å². The van der Waals surface area contributed by atoms with Gasteiger partial charge in [0.05, 0.1) is 0 Å². The lowest BCUT2D eigenvalue weighted by Crippen LogP contribution is -1.91. The summed E-state index contributed by atoms with van der Waals surface area (Å²) >= 11 is 4.29. The minimum Gasteiger partial charge on any atom is -0.162 e. The third kappa shape index (κ3) is 18.7. The molecular weight excluding hydrogens is 280 g/mol. The molecule has 0 saturated heterocycles. The summed E-state index contributed by atoms with van der Waals surface area (Å²) in [5, 5.41) is 0. The monoisotopic (exact) mass is 318 g/mol. The molecule has 0 saturated carbocycles. The SMILES string of the molecule is CCCSCCCCCCCCCCSCCC(C)C. The summed E-state index contributed by atoms with van der Waals surface area (Å²) in [7, 11) is 0. The van der Waals surface area contributed by atoms with Gasteiger partial charge in [-0.15, -0.1) is 0 Å². The van der Waals surface area contributed by atoms with Gasteiger partial charge in [0, 0.05) is 0 Å². The van der Waals surface area contributed by atoms with Gasteiger partial charge < -0.3 is 0 Å². The fourth-order valence-corrected chi connectivity index (χ4v) is 4.29. The number of hydrogen-bond donors (Lipinski definition) is 0. The Kier molecular flexibility index (Phi) is 18.4. The average Bonchev–Trinajstić information content (AvgIpc) is 2.43. The van der Waals surface area contributed by atoms with Crippen molar-refractivity contribution in [3.63, 3.8) is 0 Å². The molecule has 122 valence electrons. The minimum absolute atomic E-state index is 0.878. The molecule has 0 spiro atoms. The molecule has 0 fully saturated rings. The lowest BCUT2D eigenvalue weighted by atomic mass is 10.1. The maximum Gasteiger partial charge on any atom is -0.00651 e. The molecule has 0 aliphatic carbocycles. The quantitative estimate of drug-likeness (QED) is 0.280. The highest BCUT2D eigenvalue weighted by molar-refractivity contribution is 7.99. The highest BCUT2D eigenvalue weighted by atomic mass is 32.2. The number of rotatable bonds is 16. The summed E-state index contributed by atoms with van der Waals surface area (Å²) in [6.07, 6.45) is 14.4. The molecule has 0 aliphatic heterocycles. The van der Waals surface area contributed by atoms with Crippen LogP contribution >= 0.6 is 23.5 Å². The van der Waals surface area contributed by atoms with Crippen LogP contribution in [0.25, 0.3) is 0 Å². The Morgan fingerprint density at radius 3 is 1.50 bits per heavy atom. The maximum absolute atomic E-state index is 2.32. The first kappa shape index (κ1) is 20.7. The van der Waals surface area contributed by atoms with Crippen molar-refractivity contribution in [1.82, 2.24) is 0 Å². The van der Waals surface area contributed by atoms with Gasteiger partial charge in [-0.25, -0.2) is 0 Å².